The van der Waals surface area contributed by atoms with E-state index in [9.17, 15) is 4.79 Å². The van der Waals surface area contributed by atoms with Crippen molar-refractivity contribution in [2.24, 2.45) is 5.92 Å². The summed E-state index contributed by atoms with van der Waals surface area (Å²) in [5.41, 5.74) is 2.45. The highest BCUT2D eigenvalue weighted by Gasteiger charge is 2.34. The summed E-state index contributed by atoms with van der Waals surface area (Å²) in [7, 11) is 1.99. The Balaban J connectivity index is 2.16. The molecule has 16 heavy (non-hydrogen) atoms. The number of aliphatic carboxylic acids is 1. The van der Waals surface area contributed by atoms with Crippen LogP contribution in [0.15, 0.2) is 24.3 Å². The smallest absolute Gasteiger partial charge is 0.307 e. The second kappa shape index (κ2) is 4.26. The number of hydrogen-bond donors (Lipinski definition) is 1. The van der Waals surface area contributed by atoms with Crippen molar-refractivity contribution in [3.05, 3.63) is 35.4 Å². The zero-order chi connectivity index (χ0) is 11.7. The molecule has 3 nitrogen and oxygen atoms in total. The van der Waals surface area contributed by atoms with Gasteiger partial charge >= 0.3 is 5.97 Å². The monoisotopic (exact) mass is 219 g/mol. The Hall–Kier alpha value is -1.35. The minimum absolute atomic E-state index is 0.226. The average Bonchev–Trinajstić information content (AvgIpc) is 2.62. The third-order valence-electron chi connectivity index (χ3n) is 3.36. The third-order valence-corrected chi connectivity index (χ3v) is 3.36. The molecule has 0 aliphatic carbocycles. The summed E-state index contributed by atoms with van der Waals surface area (Å²) in [5.74, 6) is -0.905. The van der Waals surface area contributed by atoms with Gasteiger partial charge in [-0.15, -0.1) is 0 Å². The number of aryl methyl sites for hydroxylation is 1. The Morgan fingerprint density at radius 3 is 2.50 bits per heavy atom. The molecule has 0 aromatic heterocycles. The summed E-state index contributed by atoms with van der Waals surface area (Å²) in [6.45, 7) is 2.70. The van der Waals surface area contributed by atoms with Crippen LogP contribution in [0.5, 0.6) is 0 Å². The molecular formula is C13H17NO2. The van der Waals surface area contributed by atoms with Crippen LogP contribution in [0.1, 0.15) is 23.6 Å². The maximum absolute atomic E-state index is 11.0. The molecule has 2 unspecified atom stereocenters. The van der Waals surface area contributed by atoms with Gasteiger partial charge in [0.1, 0.15) is 0 Å². The molecule has 1 heterocycles. The Morgan fingerprint density at radius 1 is 1.38 bits per heavy atom. The van der Waals surface area contributed by atoms with Gasteiger partial charge in [0.25, 0.3) is 0 Å². The van der Waals surface area contributed by atoms with Gasteiger partial charge in [0, 0.05) is 12.6 Å². The number of nitrogens with zero attached hydrogens (tertiary/aromatic N) is 1. The lowest BCUT2D eigenvalue weighted by Gasteiger charge is -2.19. The van der Waals surface area contributed by atoms with E-state index in [1.165, 1.54) is 11.1 Å². The van der Waals surface area contributed by atoms with Gasteiger partial charge in [0.15, 0.2) is 0 Å². The molecule has 2 rings (SSSR count). The molecule has 1 fully saturated rings. The lowest BCUT2D eigenvalue weighted by atomic mass is 9.99. The first kappa shape index (κ1) is 11.1. The normalized spacial score (nSPS) is 25.9. The van der Waals surface area contributed by atoms with E-state index in [0.29, 0.717) is 6.54 Å². The molecule has 2 atom stereocenters. The van der Waals surface area contributed by atoms with Crippen LogP contribution in [0, 0.1) is 12.8 Å². The number of carboxylic acid groups (broad SMARTS) is 1. The second-order valence-corrected chi connectivity index (χ2v) is 4.64. The van der Waals surface area contributed by atoms with Gasteiger partial charge in [-0.2, -0.15) is 0 Å². The van der Waals surface area contributed by atoms with Crippen LogP contribution in [-0.2, 0) is 4.79 Å². The SMILES string of the molecule is Cc1ccc(C2CC(C(=O)O)CN2C)cc1. The first-order valence-electron chi connectivity index (χ1n) is 5.57. The van der Waals surface area contributed by atoms with Crippen LogP contribution < -0.4 is 0 Å². The van der Waals surface area contributed by atoms with Gasteiger partial charge in [-0.05, 0) is 26.0 Å². The van der Waals surface area contributed by atoms with Gasteiger partial charge in [-0.3, -0.25) is 9.69 Å². The zero-order valence-corrected chi connectivity index (χ0v) is 9.68. The highest BCUT2D eigenvalue weighted by Crippen LogP contribution is 2.34. The lowest BCUT2D eigenvalue weighted by Crippen LogP contribution is -2.20. The lowest BCUT2D eigenvalue weighted by molar-refractivity contribution is -0.141. The van der Waals surface area contributed by atoms with E-state index in [0.717, 1.165) is 6.42 Å². The fourth-order valence-corrected chi connectivity index (χ4v) is 2.36. The minimum Gasteiger partial charge on any atom is -0.481 e. The molecule has 1 aliphatic rings. The van der Waals surface area contributed by atoms with Crippen LogP contribution in [0.25, 0.3) is 0 Å². The molecule has 1 aromatic carbocycles. The summed E-state index contributed by atoms with van der Waals surface area (Å²) in [4.78, 5) is 13.1. The molecule has 0 bridgehead atoms. The number of likely N-dealkylation sites (tertiary alicyclic amines) is 1. The quantitative estimate of drug-likeness (QED) is 0.827. The first-order chi connectivity index (χ1) is 7.58. The largest absolute Gasteiger partial charge is 0.481 e. The number of carboxylic acids is 1. The van der Waals surface area contributed by atoms with Crippen molar-refractivity contribution >= 4 is 5.97 Å². The summed E-state index contributed by atoms with van der Waals surface area (Å²) in [6, 6.07) is 8.61. The van der Waals surface area contributed by atoms with E-state index in [1.807, 2.05) is 7.05 Å². The molecule has 0 saturated carbocycles. The number of rotatable bonds is 2. The van der Waals surface area contributed by atoms with E-state index >= 15 is 0 Å². The van der Waals surface area contributed by atoms with Gasteiger partial charge in [0.05, 0.1) is 5.92 Å². The maximum Gasteiger partial charge on any atom is 0.307 e. The third kappa shape index (κ3) is 2.09. The van der Waals surface area contributed by atoms with E-state index in [2.05, 4.69) is 36.1 Å². The zero-order valence-electron chi connectivity index (χ0n) is 9.68. The molecule has 0 spiro atoms. The van der Waals surface area contributed by atoms with Gasteiger partial charge in [0.2, 0.25) is 0 Å². The minimum atomic E-state index is -0.679. The molecule has 1 aromatic rings. The maximum atomic E-state index is 11.0. The number of carbonyl (C=O) groups is 1. The molecule has 1 aliphatic heterocycles. The highest BCUT2D eigenvalue weighted by molar-refractivity contribution is 5.70. The first-order valence-corrected chi connectivity index (χ1v) is 5.57. The fraction of sp³-hybridized carbons (Fsp3) is 0.462. The van der Waals surface area contributed by atoms with Crippen molar-refractivity contribution in [1.29, 1.82) is 0 Å². The Bertz CT molecular complexity index is 385. The van der Waals surface area contributed by atoms with E-state index in [1.54, 1.807) is 0 Å². The predicted octanol–water partition coefficient (Wildman–Crippen LogP) is 2.07. The van der Waals surface area contributed by atoms with E-state index in [4.69, 9.17) is 5.11 Å². The molecule has 0 radical (unpaired) electrons. The van der Waals surface area contributed by atoms with Gasteiger partial charge in [-0.1, -0.05) is 29.8 Å². The van der Waals surface area contributed by atoms with Crippen LogP contribution in [0.3, 0.4) is 0 Å². The van der Waals surface area contributed by atoms with Crippen molar-refractivity contribution in [3.63, 3.8) is 0 Å². The summed E-state index contributed by atoms with van der Waals surface area (Å²) < 4.78 is 0. The highest BCUT2D eigenvalue weighted by atomic mass is 16.4. The van der Waals surface area contributed by atoms with Crippen LogP contribution in [0.4, 0.5) is 0 Å². The summed E-state index contributed by atoms with van der Waals surface area (Å²) in [6.07, 6.45) is 0.717. The Kier molecular flexibility index (Phi) is 2.97. The molecule has 0 amide bonds. The van der Waals surface area contributed by atoms with Crippen molar-refractivity contribution in [2.75, 3.05) is 13.6 Å². The van der Waals surface area contributed by atoms with E-state index < -0.39 is 5.97 Å². The van der Waals surface area contributed by atoms with Crippen molar-refractivity contribution < 1.29 is 9.90 Å². The molecule has 1 N–H and O–H groups in total. The van der Waals surface area contributed by atoms with Crippen molar-refractivity contribution in [3.8, 4) is 0 Å². The predicted molar refractivity (Wildman–Crippen MR) is 62.3 cm³/mol. The fourth-order valence-electron chi connectivity index (χ4n) is 2.36. The van der Waals surface area contributed by atoms with Crippen LogP contribution >= 0.6 is 0 Å². The van der Waals surface area contributed by atoms with Crippen molar-refractivity contribution in [2.45, 2.75) is 19.4 Å². The Morgan fingerprint density at radius 2 is 2.00 bits per heavy atom. The average molecular weight is 219 g/mol. The molecular weight excluding hydrogens is 202 g/mol. The number of hydrogen-bond acceptors (Lipinski definition) is 2. The Labute approximate surface area is 95.7 Å². The summed E-state index contributed by atoms with van der Waals surface area (Å²) in [5, 5.41) is 9.01. The van der Waals surface area contributed by atoms with E-state index in [-0.39, 0.29) is 12.0 Å². The topological polar surface area (TPSA) is 40.5 Å². The van der Waals surface area contributed by atoms with Crippen molar-refractivity contribution in [1.82, 2.24) is 4.90 Å². The summed E-state index contributed by atoms with van der Waals surface area (Å²) >= 11 is 0. The van der Waals surface area contributed by atoms with Crippen LogP contribution in [-0.4, -0.2) is 29.6 Å². The number of benzene rings is 1. The molecule has 1 saturated heterocycles. The molecule has 86 valence electrons. The second-order valence-electron chi connectivity index (χ2n) is 4.64. The molecule has 3 heteroatoms. The van der Waals surface area contributed by atoms with Gasteiger partial charge in [-0.25, -0.2) is 0 Å². The van der Waals surface area contributed by atoms with Gasteiger partial charge < -0.3 is 5.11 Å². The van der Waals surface area contributed by atoms with Crippen LogP contribution in [0.2, 0.25) is 0 Å². The standard InChI is InChI=1S/C13H17NO2/c1-9-3-5-10(6-4-9)12-7-11(13(15)16)8-14(12)2/h3-6,11-12H,7-8H2,1-2H3,(H,15,16).